The number of anilines is 1. The van der Waals surface area contributed by atoms with Gasteiger partial charge in [-0.25, -0.2) is 4.79 Å². The minimum absolute atomic E-state index is 0.0866. The van der Waals surface area contributed by atoms with Crippen LogP contribution in [0.5, 0.6) is 0 Å². The van der Waals surface area contributed by atoms with Gasteiger partial charge in [0.1, 0.15) is 0 Å². The summed E-state index contributed by atoms with van der Waals surface area (Å²) in [5.74, 6) is 6.80. The van der Waals surface area contributed by atoms with Gasteiger partial charge in [0.2, 0.25) is 0 Å². The molecule has 3 atom stereocenters. The zero-order valence-electron chi connectivity index (χ0n) is 16.6. The Morgan fingerprint density at radius 2 is 1.90 bits per heavy atom. The SMILES string of the molecule is CC#Cc1ccc(C(=O)O)c2c1cnn2[C@@H](C)c1ccc(N2CC3CC3C2)cc1. The van der Waals surface area contributed by atoms with Gasteiger partial charge in [-0.05, 0) is 61.9 Å². The maximum atomic E-state index is 11.8. The van der Waals surface area contributed by atoms with E-state index >= 15 is 0 Å². The van der Waals surface area contributed by atoms with Gasteiger partial charge in [-0.15, -0.1) is 5.92 Å². The summed E-state index contributed by atoms with van der Waals surface area (Å²) >= 11 is 0. The lowest BCUT2D eigenvalue weighted by Gasteiger charge is -2.21. The highest BCUT2D eigenvalue weighted by molar-refractivity contribution is 6.03. The normalized spacial score (nSPS) is 20.8. The van der Waals surface area contributed by atoms with E-state index < -0.39 is 5.97 Å². The predicted molar refractivity (Wildman–Crippen MR) is 113 cm³/mol. The topological polar surface area (TPSA) is 58.4 Å². The average Bonchev–Trinajstić information content (AvgIpc) is 3.13. The summed E-state index contributed by atoms with van der Waals surface area (Å²) in [4.78, 5) is 14.3. The second-order valence-electron chi connectivity index (χ2n) is 8.12. The first-order chi connectivity index (χ1) is 14.1. The fourth-order valence-corrected chi connectivity index (χ4v) is 4.59. The van der Waals surface area contributed by atoms with E-state index in [1.165, 1.54) is 25.2 Å². The van der Waals surface area contributed by atoms with E-state index in [0.717, 1.165) is 28.3 Å². The molecule has 1 saturated carbocycles. The Balaban J connectivity index is 1.51. The Morgan fingerprint density at radius 3 is 2.55 bits per heavy atom. The number of rotatable bonds is 4. The number of carboxylic acid groups (broad SMARTS) is 1. The van der Waals surface area contributed by atoms with Crippen LogP contribution in [0.4, 0.5) is 5.69 Å². The molecule has 5 heteroatoms. The van der Waals surface area contributed by atoms with Gasteiger partial charge < -0.3 is 10.0 Å². The number of hydrogen-bond acceptors (Lipinski definition) is 3. The Labute approximate surface area is 169 Å². The highest BCUT2D eigenvalue weighted by Gasteiger charge is 2.45. The maximum absolute atomic E-state index is 11.8. The summed E-state index contributed by atoms with van der Waals surface area (Å²) in [7, 11) is 0. The minimum Gasteiger partial charge on any atom is -0.478 e. The van der Waals surface area contributed by atoms with Gasteiger partial charge in [-0.3, -0.25) is 4.68 Å². The van der Waals surface area contributed by atoms with E-state index in [-0.39, 0.29) is 11.6 Å². The molecule has 1 aliphatic heterocycles. The lowest BCUT2D eigenvalue weighted by atomic mass is 10.0. The van der Waals surface area contributed by atoms with Crippen LogP contribution in [0.1, 0.15) is 47.8 Å². The zero-order valence-corrected chi connectivity index (χ0v) is 16.6. The molecule has 2 aromatic carbocycles. The molecule has 0 radical (unpaired) electrons. The van der Waals surface area contributed by atoms with Gasteiger partial charge in [0.15, 0.2) is 0 Å². The fraction of sp³-hybridized carbons (Fsp3) is 0.333. The molecule has 2 heterocycles. The van der Waals surface area contributed by atoms with Crippen LogP contribution in [0.2, 0.25) is 0 Å². The molecule has 1 saturated heterocycles. The van der Waals surface area contributed by atoms with E-state index in [2.05, 4.69) is 53.0 Å². The van der Waals surface area contributed by atoms with Gasteiger partial charge in [0.05, 0.1) is 23.3 Å². The Kier molecular flexibility index (Phi) is 4.09. The lowest BCUT2D eigenvalue weighted by molar-refractivity contribution is 0.0698. The molecule has 2 unspecified atom stereocenters. The number of aromatic nitrogens is 2. The number of hydrogen-bond donors (Lipinski definition) is 1. The molecule has 0 bridgehead atoms. The van der Waals surface area contributed by atoms with Crippen LogP contribution in [0.3, 0.4) is 0 Å². The molecule has 146 valence electrons. The van der Waals surface area contributed by atoms with Gasteiger partial charge in [-0.2, -0.15) is 5.10 Å². The molecule has 1 N–H and O–H groups in total. The summed E-state index contributed by atoms with van der Waals surface area (Å²) < 4.78 is 1.81. The number of carboxylic acids is 1. The molecule has 29 heavy (non-hydrogen) atoms. The summed E-state index contributed by atoms with van der Waals surface area (Å²) in [6.07, 6.45) is 3.12. The van der Waals surface area contributed by atoms with Crippen molar-refractivity contribution >= 4 is 22.6 Å². The highest BCUT2D eigenvalue weighted by atomic mass is 16.4. The van der Waals surface area contributed by atoms with Crippen molar-refractivity contribution in [2.45, 2.75) is 26.3 Å². The van der Waals surface area contributed by atoms with Crippen molar-refractivity contribution in [2.75, 3.05) is 18.0 Å². The molecule has 5 rings (SSSR count). The summed E-state index contributed by atoms with van der Waals surface area (Å²) in [5.41, 5.74) is 4.04. The first-order valence-electron chi connectivity index (χ1n) is 10.1. The first kappa shape index (κ1) is 17.8. The van der Waals surface area contributed by atoms with Crippen molar-refractivity contribution in [3.8, 4) is 11.8 Å². The Hall–Kier alpha value is -3.26. The third-order valence-electron chi connectivity index (χ3n) is 6.33. The minimum atomic E-state index is -0.956. The molecule has 0 amide bonds. The average molecular weight is 385 g/mol. The van der Waals surface area contributed by atoms with Crippen LogP contribution < -0.4 is 4.90 Å². The molecular formula is C24H23N3O2. The Morgan fingerprint density at radius 1 is 1.17 bits per heavy atom. The van der Waals surface area contributed by atoms with E-state index in [4.69, 9.17) is 0 Å². The third-order valence-corrected chi connectivity index (χ3v) is 6.33. The van der Waals surface area contributed by atoms with Crippen LogP contribution in [0, 0.1) is 23.7 Å². The van der Waals surface area contributed by atoms with Crippen molar-refractivity contribution in [3.63, 3.8) is 0 Å². The van der Waals surface area contributed by atoms with E-state index in [1.807, 2.05) is 0 Å². The number of aromatic carboxylic acids is 1. The number of piperidine rings is 1. The van der Waals surface area contributed by atoms with Crippen LogP contribution >= 0.6 is 0 Å². The molecule has 5 nitrogen and oxygen atoms in total. The standard InChI is InChI=1S/C24H23N3O2/c1-3-4-17-7-10-21(24(28)29)23-22(17)12-25-27(23)15(2)16-5-8-20(9-6-16)26-13-18-11-19(18)14-26/h5-10,12,15,18-19H,11,13-14H2,1-2H3,(H,28,29)/t15-,18?,19?/m0/s1. The van der Waals surface area contributed by atoms with Crippen molar-refractivity contribution in [3.05, 3.63) is 59.3 Å². The third kappa shape index (κ3) is 2.96. The maximum Gasteiger partial charge on any atom is 0.337 e. The van der Waals surface area contributed by atoms with Gasteiger partial charge in [-0.1, -0.05) is 18.1 Å². The van der Waals surface area contributed by atoms with Gasteiger partial charge in [0.25, 0.3) is 0 Å². The quantitative estimate of drug-likeness (QED) is 0.685. The molecule has 2 aliphatic rings. The lowest BCUT2D eigenvalue weighted by Crippen LogP contribution is -2.21. The van der Waals surface area contributed by atoms with E-state index in [1.54, 1.807) is 29.9 Å². The van der Waals surface area contributed by atoms with E-state index in [0.29, 0.717) is 5.52 Å². The Bertz CT molecular complexity index is 1160. The van der Waals surface area contributed by atoms with E-state index in [9.17, 15) is 9.90 Å². The number of carbonyl (C=O) groups is 1. The molecule has 1 aromatic heterocycles. The summed E-state index contributed by atoms with van der Waals surface area (Å²) in [5, 5.41) is 15.0. The fourth-order valence-electron chi connectivity index (χ4n) is 4.59. The van der Waals surface area contributed by atoms with Gasteiger partial charge >= 0.3 is 5.97 Å². The molecule has 0 spiro atoms. The summed E-state index contributed by atoms with van der Waals surface area (Å²) in [6.45, 7) is 6.17. The monoisotopic (exact) mass is 385 g/mol. The molecule has 1 aliphatic carbocycles. The predicted octanol–water partition coefficient (Wildman–Crippen LogP) is 4.17. The largest absolute Gasteiger partial charge is 0.478 e. The molecule has 2 fully saturated rings. The molecular weight excluding hydrogens is 362 g/mol. The second kappa shape index (κ2) is 6.66. The van der Waals surface area contributed by atoms with Crippen molar-refractivity contribution < 1.29 is 9.90 Å². The zero-order chi connectivity index (χ0) is 20.1. The first-order valence-corrected chi connectivity index (χ1v) is 10.1. The van der Waals surface area contributed by atoms with Crippen LogP contribution in [0.25, 0.3) is 10.9 Å². The molecule has 3 aromatic rings. The van der Waals surface area contributed by atoms with Crippen LogP contribution in [0.15, 0.2) is 42.6 Å². The highest BCUT2D eigenvalue weighted by Crippen LogP contribution is 2.46. The van der Waals surface area contributed by atoms with Crippen molar-refractivity contribution in [1.82, 2.24) is 9.78 Å². The smallest absolute Gasteiger partial charge is 0.337 e. The number of benzene rings is 2. The van der Waals surface area contributed by atoms with Crippen LogP contribution in [-0.4, -0.2) is 33.9 Å². The summed E-state index contributed by atoms with van der Waals surface area (Å²) in [6, 6.07) is 11.9. The number of nitrogens with zero attached hydrogens (tertiary/aromatic N) is 3. The second-order valence-corrected chi connectivity index (χ2v) is 8.12. The van der Waals surface area contributed by atoms with Gasteiger partial charge in [0, 0.05) is 29.7 Å². The number of fused-ring (bicyclic) bond motifs is 2. The van der Waals surface area contributed by atoms with Crippen molar-refractivity contribution in [2.24, 2.45) is 11.8 Å². The van der Waals surface area contributed by atoms with Crippen molar-refractivity contribution in [1.29, 1.82) is 0 Å². The van der Waals surface area contributed by atoms with Crippen LogP contribution in [-0.2, 0) is 0 Å².